The lowest BCUT2D eigenvalue weighted by Crippen LogP contribution is -3.08. The minimum Gasteiger partial charge on any atom is -0.496 e. The Morgan fingerprint density at radius 2 is 2.00 bits per heavy atom. The summed E-state index contributed by atoms with van der Waals surface area (Å²) in [4.78, 5) is 24.3. The Balaban J connectivity index is 2.44. The van der Waals surface area contributed by atoms with Gasteiger partial charge in [-0.15, -0.1) is 0 Å². The van der Waals surface area contributed by atoms with Crippen LogP contribution in [0.25, 0.3) is 0 Å². The third-order valence-electron chi connectivity index (χ3n) is 3.22. The molecule has 128 valence electrons. The van der Waals surface area contributed by atoms with Crippen molar-refractivity contribution in [3.8, 4) is 5.75 Å². The number of carbonyl (C=O) groups excluding carboxylic acids is 2. The summed E-state index contributed by atoms with van der Waals surface area (Å²) < 4.78 is 6.31. The highest BCUT2D eigenvalue weighted by atomic mass is 79.9. The van der Waals surface area contributed by atoms with E-state index in [-0.39, 0.29) is 24.9 Å². The molecule has 0 aliphatic heterocycles. The number of likely N-dealkylation sites (N-methyl/N-ethyl adjacent to an activating group) is 1. The van der Waals surface area contributed by atoms with Gasteiger partial charge in [0.1, 0.15) is 12.3 Å². The fourth-order valence-corrected chi connectivity index (χ4v) is 2.52. The topological polar surface area (TPSA) is 71.9 Å². The summed E-state index contributed by atoms with van der Waals surface area (Å²) in [6.07, 6.45) is 0.876. The first kappa shape index (κ1) is 19.4. The van der Waals surface area contributed by atoms with E-state index in [1.165, 1.54) is 0 Å². The summed E-state index contributed by atoms with van der Waals surface area (Å²) in [6.45, 7) is 3.57. The molecule has 7 heteroatoms. The van der Waals surface area contributed by atoms with Crippen LogP contribution in [0.5, 0.6) is 5.75 Å². The van der Waals surface area contributed by atoms with E-state index in [9.17, 15) is 9.59 Å². The van der Waals surface area contributed by atoms with Crippen molar-refractivity contribution >= 4 is 27.7 Å². The normalized spacial score (nSPS) is 11.7. The molecule has 6 nitrogen and oxygen atoms in total. The Morgan fingerprint density at radius 1 is 1.26 bits per heavy atom. The average Bonchev–Trinajstić information content (AvgIpc) is 2.51. The Kier molecular flexibility index (Phi) is 8.65. The van der Waals surface area contributed by atoms with E-state index in [0.717, 1.165) is 27.1 Å². The van der Waals surface area contributed by atoms with Gasteiger partial charge in [-0.1, -0.05) is 22.9 Å². The summed E-state index contributed by atoms with van der Waals surface area (Å²) in [5.74, 6) is 0.488. The van der Waals surface area contributed by atoms with Gasteiger partial charge in [-0.2, -0.15) is 0 Å². The van der Waals surface area contributed by atoms with Crippen molar-refractivity contribution in [2.75, 3.05) is 33.8 Å². The predicted octanol–water partition coefficient (Wildman–Crippen LogP) is 0.115. The third-order valence-corrected chi connectivity index (χ3v) is 3.71. The van der Waals surface area contributed by atoms with E-state index in [1.54, 1.807) is 7.11 Å². The molecule has 1 atom stereocenters. The summed E-state index contributed by atoms with van der Waals surface area (Å²) in [7, 11) is 3.56. The summed E-state index contributed by atoms with van der Waals surface area (Å²) in [6, 6.07) is 5.79. The Hall–Kier alpha value is -1.60. The monoisotopic (exact) mass is 386 g/mol. The average molecular weight is 387 g/mol. The smallest absolute Gasteiger partial charge is 0.275 e. The lowest BCUT2D eigenvalue weighted by atomic mass is 10.2. The second-order valence-electron chi connectivity index (χ2n) is 5.39. The highest BCUT2D eigenvalue weighted by Gasteiger charge is 2.14. The number of halogens is 1. The minimum absolute atomic E-state index is 0.0202. The van der Waals surface area contributed by atoms with Gasteiger partial charge in [0.2, 0.25) is 5.91 Å². The van der Waals surface area contributed by atoms with Gasteiger partial charge >= 0.3 is 0 Å². The number of nitrogens with one attached hydrogen (secondary N) is 3. The molecule has 0 bridgehead atoms. The molecule has 1 unspecified atom stereocenters. The molecule has 2 amide bonds. The molecule has 0 radical (unpaired) electrons. The molecule has 0 fully saturated rings. The zero-order valence-corrected chi connectivity index (χ0v) is 15.5. The van der Waals surface area contributed by atoms with Crippen molar-refractivity contribution in [2.24, 2.45) is 0 Å². The lowest BCUT2D eigenvalue weighted by Gasteiger charge is -2.16. The van der Waals surface area contributed by atoms with Crippen molar-refractivity contribution in [1.29, 1.82) is 0 Å². The molecular formula is C16H25BrN3O3+. The summed E-state index contributed by atoms with van der Waals surface area (Å²) >= 11 is 3.44. The zero-order valence-electron chi connectivity index (χ0n) is 13.9. The number of hydrogen-bond acceptors (Lipinski definition) is 3. The number of methoxy groups -OCH3 is 1. The maximum atomic E-state index is 11.9. The molecule has 0 aromatic heterocycles. The first-order valence-corrected chi connectivity index (χ1v) is 8.42. The van der Waals surface area contributed by atoms with Gasteiger partial charge in [-0.25, -0.2) is 0 Å². The highest BCUT2D eigenvalue weighted by molar-refractivity contribution is 9.10. The van der Waals surface area contributed by atoms with Crippen LogP contribution in [0.3, 0.4) is 0 Å². The van der Waals surface area contributed by atoms with E-state index >= 15 is 0 Å². The van der Waals surface area contributed by atoms with Gasteiger partial charge in [0.15, 0.2) is 6.54 Å². The number of hydrogen-bond donors (Lipinski definition) is 3. The van der Waals surface area contributed by atoms with Crippen LogP contribution in [-0.2, 0) is 16.1 Å². The summed E-state index contributed by atoms with van der Waals surface area (Å²) in [5.41, 5.74) is 1.02. The molecule has 1 rings (SSSR count). The minimum atomic E-state index is -0.161. The molecule has 0 aliphatic rings. The van der Waals surface area contributed by atoms with Crippen molar-refractivity contribution in [3.63, 3.8) is 0 Å². The van der Waals surface area contributed by atoms with Gasteiger partial charge < -0.3 is 20.3 Å². The van der Waals surface area contributed by atoms with Crippen LogP contribution in [0.1, 0.15) is 18.9 Å². The largest absolute Gasteiger partial charge is 0.496 e. The maximum absolute atomic E-state index is 11.9. The number of amides is 2. The van der Waals surface area contributed by atoms with Gasteiger partial charge in [-0.3, -0.25) is 9.59 Å². The first-order chi connectivity index (χ1) is 11.0. The van der Waals surface area contributed by atoms with Crippen LogP contribution in [0, 0.1) is 0 Å². The van der Waals surface area contributed by atoms with Gasteiger partial charge in [-0.05, 0) is 24.6 Å². The second kappa shape index (κ2) is 10.2. The molecule has 0 saturated carbocycles. The number of quaternary nitrogens is 1. The number of benzene rings is 1. The zero-order chi connectivity index (χ0) is 17.2. The van der Waals surface area contributed by atoms with E-state index in [0.29, 0.717) is 13.1 Å². The Morgan fingerprint density at radius 3 is 2.65 bits per heavy atom. The van der Waals surface area contributed by atoms with E-state index in [1.807, 2.05) is 32.2 Å². The fourth-order valence-electron chi connectivity index (χ4n) is 2.12. The van der Waals surface area contributed by atoms with Crippen LogP contribution in [-0.4, -0.2) is 45.6 Å². The van der Waals surface area contributed by atoms with E-state index < -0.39 is 0 Å². The van der Waals surface area contributed by atoms with Gasteiger partial charge in [0, 0.05) is 16.6 Å². The molecular weight excluding hydrogens is 362 g/mol. The maximum Gasteiger partial charge on any atom is 0.275 e. The van der Waals surface area contributed by atoms with Crippen LogP contribution in [0.2, 0.25) is 0 Å². The Bertz CT molecular complexity index is 537. The van der Waals surface area contributed by atoms with Gasteiger partial charge in [0.25, 0.3) is 5.91 Å². The van der Waals surface area contributed by atoms with Crippen LogP contribution in [0.4, 0.5) is 0 Å². The number of rotatable bonds is 9. The van der Waals surface area contributed by atoms with Crippen LogP contribution in [0.15, 0.2) is 22.7 Å². The molecule has 0 spiro atoms. The SMILES string of the molecule is CCCNC(=O)CNC(=O)C[NH+](C)Cc1cc(Br)ccc1OC. The van der Waals surface area contributed by atoms with Gasteiger partial charge in [0.05, 0.1) is 20.7 Å². The number of carbonyl (C=O) groups is 2. The van der Waals surface area contributed by atoms with Crippen LogP contribution < -0.4 is 20.3 Å². The van der Waals surface area contributed by atoms with Crippen molar-refractivity contribution < 1.29 is 19.2 Å². The predicted molar refractivity (Wildman–Crippen MR) is 92.5 cm³/mol. The lowest BCUT2D eigenvalue weighted by molar-refractivity contribution is -0.885. The third kappa shape index (κ3) is 7.47. The molecule has 1 aromatic rings. The Labute approximate surface area is 145 Å². The van der Waals surface area contributed by atoms with Crippen LogP contribution >= 0.6 is 15.9 Å². The summed E-state index contributed by atoms with van der Waals surface area (Å²) in [5, 5.41) is 5.36. The van der Waals surface area contributed by atoms with Crippen molar-refractivity contribution in [2.45, 2.75) is 19.9 Å². The van der Waals surface area contributed by atoms with Crippen molar-refractivity contribution in [3.05, 3.63) is 28.2 Å². The molecule has 0 aliphatic carbocycles. The molecule has 23 heavy (non-hydrogen) atoms. The molecule has 1 aromatic carbocycles. The molecule has 0 heterocycles. The highest BCUT2D eigenvalue weighted by Crippen LogP contribution is 2.21. The fraction of sp³-hybridized carbons (Fsp3) is 0.500. The first-order valence-electron chi connectivity index (χ1n) is 7.63. The molecule has 3 N–H and O–H groups in total. The van der Waals surface area contributed by atoms with Crippen molar-refractivity contribution in [1.82, 2.24) is 10.6 Å². The van der Waals surface area contributed by atoms with E-state index in [2.05, 4.69) is 26.6 Å². The molecule has 0 saturated heterocycles. The number of ether oxygens (including phenoxy) is 1. The standard InChI is InChI=1S/C16H24BrN3O3/c1-4-7-18-15(21)9-19-16(22)11-20(2)10-12-8-13(17)5-6-14(12)23-3/h5-6,8H,4,7,9-11H2,1-3H3,(H,18,21)(H,19,22)/p+1. The quantitative estimate of drug-likeness (QED) is 0.564. The second-order valence-corrected chi connectivity index (χ2v) is 6.31. The van der Waals surface area contributed by atoms with E-state index in [4.69, 9.17) is 4.74 Å².